The number of carbonyl (C=O) groups is 2. The summed E-state index contributed by atoms with van der Waals surface area (Å²) in [4.78, 5) is 22.9. The zero-order chi connectivity index (χ0) is 15.3. The van der Waals surface area contributed by atoms with Crippen LogP contribution in [0, 0.1) is 5.92 Å². The molecule has 118 valence electrons. The van der Waals surface area contributed by atoms with Gasteiger partial charge in [-0.25, -0.2) is 0 Å². The molecule has 6 nitrogen and oxygen atoms in total. The first-order valence-corrected chi connectivity index (χ1v) is 6.37. The second-order valence-corrected chi connectivity index (χ2v) is 4.86. The Morgan fingerprint density at radius 1 is 1.24 bits per heavy atom. The first-order chi connectivity index (χ1) is 9.35. The molecule has 1 aromatic carbocycles. The Bertz CT molecular complexity index is 506. The van der Waals surface area contributed by atoms with E-state index in [1.165, 1.54) is 14.0 Å². The Hall–Kier alpha value is -1.79. The maximum Gasteiger partial charge on any atom is 0.241 e. The number of halogens is 1. The van der Waals surface area contributed by atoms with Gasteiger partial charge in [-0.15, -0.1) is 12.4 Å². The summed E-state index contributed by atoms with van der Waals surface area (Å²) in [7, 11) is 1.49. The van der Waals surface area contributed by atoms with Crippen molar-refractivity contribution in [1.29, 1.82) is 0 Å². The molecule has 1 aromatic rings. The van der Waals surface area contributed by atoms with Gasteiger partial charge in [0.05, 0.1) is 18.8 Å². The molecule has 7 heteroatoms. The van der Waals surface area contributed by atoms with Crippen LogP contribution in [0.15, 0.2) is 18.2 Å². The summed E-state index contributed by atoms with van der Waals surface area (Å²) in [5, 5.41) is 5.37. The highest BCUT2D eigenvalue weighted by Gasteiger charge is 2.17. The molecule has 0 spiro atoms. The van der Waals surface area contributed by atoms with Gasteiger partial charge in [0.15, 0.2) is 0 Å². The highest BCUT2D eigenvalue weighted by molar-refractivity contribution is 5.96. The summed E-state index contributed by atoms with van der Waals surface area (Å²) >= 11 is 0. The SMILES string of the molecule is COc1cc(NC(=O)[C@H](N)C(C)C)ccc1NC(C)=O.Cl. The van der Waals surface area contributed by atoms with Crippen LogP contribution in [0.2, 0.25) is 0 Å². The molecule has 2 amide bonds. The summed E-state index contributed by atoms with van der Waals surface area (Å²) in [6.45, 7) is 5.17. The van der Waals surface area contributed by atoms with Gasteiger partial charge in [0.1, 0.15) is 5.75 Å². The molecule has 0 aliphatic heterocycles. The second kappa shape index (κ2) is 8.49. The van der Waals surface area contributed by atoms with E-state index >= 15 is 0 Å². The molecule has 0 unspecified atom stereocenters. The standard InChI is InChI=1S/C14H21N3O3.ClH/c1-8(2)13(15)14(19)17-10-5-6-11(16-9(3)18)12(7-10)20-4;/h5-8,13H,15H2,1-4H3,(H,16,18)(H,17,19);1H/t13-;/m1./s1. The van der Waals surface area contributed by atoms with Crippen LogP contribution >= 0.6 is 12.4 Å². The minimum atomic E-state index is -0.573. The quantitative estimate of drug-likeness (QED) is 0.774. The lowest BCUT2D eigenvalue weighted by Crippen LogP contribution is -2.39. The van der Waals surface area contributed by atoms with E-state index in [0.717, 1.165) is 0 Å². The lowest BCUT2D eigenvalue weighted by Gasteiger charge is -2.16. The summed E-state index contributed by atoms with van der Waals surface area (Å²) in [6.07, 6.45) is 0. The van der Waals surface area contributed by atoms with Crippen molar-refractivity contribution in [1.82, 2.24) is 0 Å². The van der Waals surface area contributed by atoms with Gasteiger partial charge in [-0.1, -0.05) is 13.8 Å². The van der Waals surface area contributed by atoms with Crippen LogP contribution in [-0.4, -0.2) is 25.0 Å². The highest BCUT2D eigenvalue weighted by Crippen LogP contribution is 2.28. The Labute approximate surface area is 130 Å². The normalized spacial score (nSPS) is 11.3. The number of nitrogens with two attached hydrogens (primary N) is 1. The number of rotatable bonds is 5. The fourth-order valence-electron chi connectivity index (χ4n) is 1.59. The fraction of sp³-hybridized carbons (Fsp3) is 0.429. The summed E-state index contributed by atoms with van der Waals surface area (Å²) in [6, 6.07) is 4.40. The molecule has 1 rings (SSSR count). The fourth-order valence-corrected chi connectivity index (χ4v) is 1.59. The van der Waals surface area contributed by atoms with E-state index in [1.807, 2.05) is 13.8 Å². The van der Waals surface area contributed by atoms with Gasteiger partial charge < -0.3 is 21.1 Å². The lowest BCUT2D eigenvalue weighted by atomic mass is 10.0. The number of methoxy groups -OCH3 is 1. The number of carbonyl (C=O) groups excluding carboxylic acids is 2. The van der Waals surface area contributed by atoms with Gasteiger partial charge in [0.25, 0.3) is 0 Å². The van der Waals surface area contributed by atoms with Crippen molar-refractivity contribution < 1.29 is 14.3 Å². The maximum absolute atomic E-state index is 11.9. The highest BCUT2D eigenvalue weighted by atomic mass is 35.5. The molecule has 0 bridgehead atoms. The Morgan fingerprint density at radius 3 is 2.33 bits per heavy atom. The van der Waals surface area contributed by atoms with Crippen LogP contribution in [0.5, 0.6) is 5.75 Å². The number of hydrogen-bond donors (Lipinski definition) is 3. The molecule has 1 atom stereocenters. The Kier molecular flexibility index (Phi) is 7.76. The van der Waals surface area contributed by atoms with Crippen molar-refractivity contribution in [3.63, 3.8) is 0 Å². The van der Waals surface area contributed by atoms with Crippen molar-refractivity contribution >= 4 is 35.6 Å². The summed E-state index contributed by atoms with van der Waals surface area (Å²) < 4.78 is 5.18. The van der Waals surface area contributed by atoms with Crippen LogP contribution in [0.3, 0.4) is 0 Å². The number of hydrogen-bond acceptors (Lipinski definition) is 4. The van der Waals surface area contributed by atoms with Gasteiger partial charge in [-0.05, 0) is 18.1 Å². The van der Waals surface area contributed by atoms with Crippen molar-refractivity contribution in [2.75, 3.05) is 17.7 Å². The van der Waals surface area contributed by atoms with E-state index in [2.05, 4.69) is 10.6 Å². The van der Waals surface area contributed by atoms with Crippen molar-refractivity contribution in [2.24, 2.45) is 11.7 Å². The molecule has 0 aliphatic rings. The van der Waals surface area contributed by atoms with Gasteiger partial charge in [0.2, 0.25) is 11.8 Å². The van der Waals surface area contributed by atoms with Gasteiger partial charge in [0, 0.05) is 18.7 Å². The average Bonchev–Trinajstić information content (AvgIpc) is 2.38. The number of nitrogens with one attached hydrogen (secondary N) is 2. The molecule has 4 N–H and O–H groups in total. The minimum Gasteiger partial charge on any atom is -0.494 e. The molecule has 0 aromatic heterocycles. The first-order valence-electron chi connectivity index (χ1n) is 6.37. The van der Waals surface area contributed by atoms with Crippen molar-refractivity contribution in [3.8, 4) is 5.75 Å². The van der Waals surface area contributed by atoms with Crippen molar-refractivity contribution in [3.05, 3.63) is 18.2 Å². The predicted molar refractivity (Wildman–Crippen MR) is 86.0 cm³/mol. The predicted octanol–water partition coefficient (Wildman–Crippen LogP) is 2.00. The van der Waals surface area contributed by atoms with E-state index in [9.17, 15) is 9.59 Å². The average molecular weight is 316 g/mol. The third-order valence-electron chi connectivity index (χ3n) is 2.80. The van der Waals surface area contributed by atoms with E-state index in [-0.39, 0.29) is 30.1 Å². The summed E-state index contributed by atoms with van der Waals surface area (Å²) in [5.74, 6) is 0.0721. The second-order valence-electron chi connectivity index (χ2n) is 4.86. The first kappa shape index (κ1) is 19.2. The molecule has 21 heavy (non-hydrogen) atoms. The molecule has 0 aliphatic carbocycles. The minimum absolute atomic E-state index is 0. The molecule has 0 saturated carbocycles. The largest absolute Gasteiger partial charge is 0.494 e. The van der Waals surface area contributed by atoms with E-state index in [4.69, 9.17) is 10.5 Å². The zero-order valence-electron chi connectivity index (χ0n) is 12.6. The third-order valence-corrected chi connectivity index (χ3v) is 2.80. The topological polar surface area (TPSA) is 93.4 Å². The lowest BCUT2D eigenvalue weighted by molar-refractivity contribution is -0.118. The third kappa shape index (κ3) is 5.61. The molecule has 0 saturated heterocycles. The number of benzene rings is 1. The van der Waals surface area contributed by atoms with Gasteiger partial charge in [-0.3, -0.25) is 9.59 Å². The van der Waals surface area contributed by atoms with Gasteiger partial charge >= 0.3 is 0 Å². The Morgan fingerprint density at radius 2 is 1.86 bits per heavy atom. The van der Waals surface area contributed by atoms with E-state index < -0.39 is 6.04 Å². The monoisotopic (exact) mass is 315 g/mol. The smallest absolute Gasteiger partial charge is 0.241 e. The zero-order valence-corrected chi connectivity index (χ0v) is 13.4. The van der Waals surface area contributed by atoms with Crippen molar-refractivity contribution in [2.45, 2.75) is 26.8 Å². The maximum atomic E-state index is 11.9. The molecule has 0 fully saturated rings. The summed E-state index contributed by atoms with van der Waals surface area (Å²) in [5.41, 5.74) is 6.89. The van der Waals surface area contributed by atoms with Crippen LogP contribution in [0.25, 0.3) is 0 Å². The molecule has 0 heterocycles. The van der Waals surface area contributed by atoms with Crippen LogP contribution in [-0.2, 0) is 9.59 Å². The van der Waals surface area contributed by atoms with Gasteiger partial charge in [-0.2, -0.15) is 0 Å². The number of ether oxygens (including phenoxy) is 1. The van der Waals surface area contributed by atoms with Crippen LogP contribution in [0.1, 0.15) is 20.8 Å². The van der Waals surface area contributed by atoms with E-state index in [0.29, 0.717) is 17.1 Å². The molecular weight excluding hydrogens is 294 g/mol. The molecule has 0 radical (unpaired) electrons. The van der Waals surface area contributed by atoms with Crippen LogP contribution in [0.4, 0.5) is 11.4 Å². The Balaban J connectivity index is 0.00000400. The number of amides is 2. The van der Waals surface area contributed by atoms with Crippen LogP contribution < -0.4 is 21.1 Å². The molecular formula is C14H22ClN3O3. The number of anilines is 2. The van der Waals surface area contributed by atoms with E-state index in [1.54, 1.807) is 18.2 Å².